The molecule has 2 amide bonds. The van der Waals surface area contributed by atoms with Gasteiger partial charge in [-0.3, -0.25) is 9.59 Å². The summed E-state index contributed by atoms with van der Waals surface area (Å²) in [5.74, 6) is 0.549. The number of hydrogen-bond acceptors (Lipinski definition) is 2. The van der Waals surface area contributed by atoms with Gasteiger partial charge in [0.1, 0.15) is 6.54 Å². The monoisotopic (exact) mass is 244 g/mol. The lowest BCUT2D eigenvalue weighted by atomic mass is 10.1. The number of fused-ring (bicyclic) bond motifs is 1. The molecule has 0 spiro atoms. The summed E-state index contributed by atoms with van der Waals surface area (Å²) in [4.78, 5) is 25.5. The second-order valence-electron chi connectivity index (χ2n) is 5.10. The van der Waals surface area contributed by atoms with E-state index in [0.717, 1.165) is 24.1 Å². The van der Waals surface area contributed by atoms with Crippen molar-refractivity contribution in [2.24, 2.45) is 5.92 Å². The van der Waals surface area contributed by atoms with Crippen molar-refractivity contribution in [3.63, 3.8) is 0 Å². The Hall–Kier alpha value is -1.84. The SMILES string of the molecule is O=C1CN(C(=O)CC2CC2)Cc2ccccc2N1. The maximum Gasteiger partial charge on any atom is 0.244 e. The van der Waals surface area contributed by atoms with Gasteiger partial charge in [-0.2, -0.15) is 0 Å². The van der Waals surface area contributed by atoms with E-state index in [2.05, 4.69) is 5.32 Å². The highest BCUT2D eigenvalue weighted by Gasteiger charge is 2.29. The molecule has 0 radical (unpaired) electrons. The second kappa shape index (κ2) is 4.44. The smallest absolute Gasteiger partial charge is 0.244 e. The number of benzene rings is 1. The minimum absolute atomic E-state index is 0.101. The van der Waals surface area contributed by atoms with Gasteiger partial charge in [-0.25, -0.2) is 0 Å². The van der Waals surface area contributed by atoms with Gasteiger partial charge in [0.05, 0.1) is 0 Å². The van der Waals surface area contributed by atoms with Crippen LogP contribution in [0.4, 0.5) is 5.69 Å². The van der Waals surface area contributed by atoms with E-state index in [-0.39, 0.29) is 18.4 Å². The summed E-state index contributed by atoms with van der Waals surface area (Å²) in [6, 6.07) is 7.65. The van der Waals surface area contributed by atoms with Gasteiger partial charge in [0, 0.05) is 18.7 Å². The van der Waals surface area contributed by atoms with Gasteiger partial charge in [0.2, 0.25) is 11.8 Å². The van der Waals surface area contributed by atoms with Gasteiger partial charge in [0.15, 0.2) is 0 Å². The minimum Gasteiger partial charge on any atom is -0.329 e. The fourth-order valence-corrected chi connectivity index (χ4v) is 2.28. The lowest BCUT2D eigenvalue weighted by Gasteiger charge is -2.19. The van der Waals surface area contributed by atoms with E-state index >= 15 is 0 Å². The van der Waals surface area contributed by atoms with Crippen molar-refractivity contribution >= 4 is 17.5 Å². The zero-order chi connectivity index (χ0) is 12.5. The van der Waals surface area contributed by atoms with E-state index in [9.17, 15) is 9.59 Å². The van der Waals surface area contributed by atoms with Crippen molar-refractivity contribution in [2.45, 2.75) is 25.8 Å². The lowest BCUT2D eigenvalue weighted by molar-refractivity contribution is -0.135. The third kappa shape index (κ3) is 2.37. The normalized spacial score (nSPS) is 18.9. The Morgan fingerprint density at radius 1 is 1.28 bits per heavy atom. The molecule has 18 heavy (non-hydrogen) atoms. The zero-order valence-electron chi connectivity index (χ0n) is 10.2. The summed E-state index contributed by atoms with van der Waals surface area (Å²) in [5, 5.41) is 2.84. The van der Waals surface area contributed by atoms with Crippen LogP contribution in [0.1, 0.15) is 24.8 Å². The van der Waals surface area contributed by atoms with Gasteiger partial charge in [-0.15, -0.1) is 0 Å². The molecule has 1 aliphatic carbocycles. The number of para-hydroxylation sites is 1. The Morgan fingerprint density at radius 3 is 2.83 bits per heavy atom. The van der Waals surface area contributed by atoms with Gasteiger partial charge in [-0.05, 0) is 30.4 Å². The Labute approximate surface area is 106 Å². The first-order valence-corrected chi connectivity index (χ1v) is 6.38. The molecule has 0 bridgehead atoms. The Kier molecular flexibility index (Phi) is 2.78. The summed E-state index contributed by atoms with van der Waals surface area (Å²) in [6.45, 7) is 0.695. The van der Waals surface area contributed by atoms with Crippen LogP contribution in [0.5, 0.6) is 0 Å². The number of anilines is 1. The Bertz CT molecular complexity index is 494. The van der Waals surface area contributed by atoms with Crippen molar-refractivity contribution in [1.29, 1.82) is 0 Å². The van der Waals surface area contributed by atoms with Crippen LogP contribution in [0.3, 0.4) is 0 Å². The summed E-state index contributed by atoms with van der Waals surface area (Å²) in [5.41, 5.74) is 1.83. The molecule has 0 saturated heterocycles. The van der Waals surface area contributed by atoms with E-state index in [1.807, 2.05) is 24.3 Å². The number of carbonyl (C=O) groups excluding carboxylic acids is 2. The van der Waals surface area contributed by atoms with Crippen LogP contribution in [0.15, 0.2) is 24.3 Å². The van der Waals surface area contributed by atoms with Crippen LogP contribution in [-0.2, 0) is 16.1 Å². The molecular formula is C14H16N2O2. The molecule has 0 atom stereocenters. The lowest BCUT2D eigenvalue weighted by Crippen LogP contribution is -2.35. The fraction of sp³-hybridized carbons (Fsp3) is 0.429. The number of nitrogens with one attached hydrogen (secondary N) is 1. The molecule has 94 valence electrons. The van der Waals surface area contributed by atoms with Gasteiger partial charge in [0.25, 0.3) is 0 Å². The van der Waals surface area contributed by atoms with Crippen LogP contribution >= 0.6 is 0 Å². The van der Waals surface area contributed by atoms with Crippen molar-refractivity contribution < 1.29 is 9.59 Å². The molecule has 1 aromatic carbocycles. The van der Waals surface area contributed by atoms with Gasteiger partial charge in [-0.1, -0.05) is 18.2 Å². The third-order valence-corrected chi connectivity index (χ3v) is 3.50. The predicted octanol–water partition coefficient (Wildman–Crippen LogP) is 1.77. The molecule has 4 nitrogen and oxygen atoms in total. The predicted molar refractivity (Wildman–Crippen MR) is 67.8 cm³/mol. The highest BCUT2D eigenvalue weighted by molar-refractivity contribution is 5.96. The first-order valence-electron chi connectivity index (χ1n) is 6.38. The molecule has 2 aliphatic rings. The number of carbonyl (C=O) groups is 2. The van der Waals surface area contributed by atoms with Crippen molar-refractivity contribution in [1.82, 2.24) is 4.90 Å². The molecule has 4 heteroatoms. The van der Waals surface area contributed by atoms with E-state index in [0.29, 0.717) is 18.9 Å². The van der Waals surface area contributed by atoms with Crippen molar-refractivity contribution in [3.05, 3.63) is 29.8 Å². The topological polar surface area (TPSA) is 49.4 Å². The van der Waals surface area contributed by atoms with Crippen LogP contribution in [0.25, 0.3) is 0 Å². The van der Waals surface area contributed by atoms with Crippen LogP contribution in [-0.4, -0.2) is 23.3 Å². The molecule has 1 aromatic rings. The molecule has 1 saturated carbocycles. The number of rotatable bonds is 2. The molecular weight excluding hydrogens is 228 g/mol. The summed E-state index contributed by atoms with van der Waals surface area (Å²) >= 11 is 0. The average molecular weight is 244 g/mol. The molecule has 1 fully saturated rings. The maximum absolute atomic E-state index is 12.1. The van der Waals surface area contributed by atoms with E-state index < -0.39 is 0 Å². The van der Waals surface area contributed by atoms with Crippen LogP contribution < -0.4 is 5.32 Å². The zero-order valence-corrected chi connectivity index (χ0v) is 10.2. The summed E-state index contributed by atoms with van der Waals surface area (Å²) in [6.07, 6.45) is 2.90. The fourth-order valence-electron chi connectivity index (χ4n) is 2.28. The Balaban J connectivity index is 1.79. The number of amides is 2. The van der Waals surface area contributed by atoms with Crippen molar-refractivity contribution in [3.8, 4) is 0 Å². The van der Waals surface area contributed by atoms with E-state index in [1.165, 1.54) is 0 Å². The van der Waals surface area contributed by atoms with Crippen LogP contribution in [0.2, 0.25) is 0 Å². The quantitative estimate of drug-likeness (QED) is 0.862. The highest BCUT2D eigenvalue weighted by atomic mass is 16.2. The average Bonchev–Trinajstić information content (AvgIpc) is 3.14. The molecule has 3 rings (SSSR count). The first-order chi connectivity index (χ1) is 8.72. The maximum atomic E-state index is 12.1. The summed E-state index contributed by atoms with van der Waals surface area (Å²) in [7, 11) is 0. The van der Waals surface area contributed by atoms with E-state index in [1.54, 1.807) is 4.90 Å². The van der Waals surface area contributed by atoms with Gasteiger partial charge < -0.3 is 10.2 Å². The second-order valence-corrected chi connectivity index (χ2v) is 5.10. The first kappa shape index (κ1) is 11.3. The third-order valence-electron chi connectivity index (χ3n) is 3.50. The molecule has 0 aromatic heterocycles. The number of nitrogens with zero attached hydrogens (tertiary/aromatic N) is 1. The minimum atomic E-state index is -0.107. The van der Waals surface area contributed by atoms with Crippen LogP contribution in [0, 0.1) is 5.92 Å². The Morgan fingerprint density at radius 2 is 2.06 bits per heavy atom. The van der Waals surface area contributed by atoms with Crippen molar-refractivity contribution in [2.75, 3.05) is 11.9 Å². The number of hydrogen-bond donors (Lipinski definition) is 1. The standard InChI is InChI=1S/C14H16N2O2/c17-13-9-16(14(18)7-10-5-6-10)8-11-3-1-2-4-12(11)15-13/h1-4,10H,5-9H2,(H,15,17). The molecule has 1 aliphatic heterocycles. The van der Waals surface area contributed by atoms with E-state index in [4.69, 9.17) is 0 Å². The molecule has 1 heterocycles. The molecule has 1 N–H and O–H groups in total. The molecule has 0 unspecified atom stereocenters. The summed E-state index contributed by atoms with van der Waals surface area (Å²) < 4.78 is 0. The van der Waals surface area contributed by atoms with Gasteiger partial charge >= 0.3 is 0 Å². The largest absolute Gasteiger partial charge is 0.329 e. The highest BCUT2D eigenvalue weighted by Crippen LogP contribution is 2.33.